The predicted octanol–water partition coefficient (Wildman–Crippen LogP) is 3.33. The minimum atomic E-state index is -0.347. The molecule has 3 amide bonds. The number of carbonyl (C=O) groups excluding carboxylic acids is 2. The van der Waals surface area contributed by atoms with Gasteiger partial charge in [-0.1, -0.05) is 6.07 Å². The molecule has 0 saturated heterocycles. The maximum absolute atomic E-state index is 12.0. The molecule has 2 aromatic rings. The molecule has 1 aliphatic rings. The predicted molar refractivity (Wildman–Crippen MR) is 102 cm³/mol. The third kappa shape index (κ3) is 4.75. The average Bonchev–Trinajstić information content (AvgIpc) is 3.10. The van der Waals surface area contributed by atoms with E-state index in [2.05, 4.69) is 22.0 Å². The van der Waals surface area contributed by atoms with Crippen LogP contribution < -0.4 is 20.7 Å². The van der Waals surface area contributed by atoms with Crippen LogP contribution in [0.5, 0.6) is 5.75 Å². The van der Waals surface area contributed by atoms with Gasteiger partial charge in [0.2, 0.25) is 5.91 Å². The average molecular weight is 353 g/mol. The molecule has 0 atom stereocenters. The highest BCUT2D eigenvalue weighted by Gasteiger charge is 2.12. The van der Waals surface area contributed by atoms with Crippen molar-refractivity contribution in [1.82, 2.24) is 5.32 Å². The van der Waals surface area contributed by atoms with Gasteiger partial charge in [-0.2, -0.15) is 0 Å². The lowest BCUT2D eigenvalue weighted by atomic mass is 10.1. The van der Waals surface area contributed by atoms with Crippen LogP contribution in [0.1, 0.15) is 24.0 Å². The fourth-order valence-corrected chi connectivity index (χ4v) is 3.01. The summed E-state index contributed by atoms with van der Waals surface area (Å²) in [6.07, 6.45) is 3.59. The molecule has 6 nitrogen and oxygen atoms in total. The van der Waals surface area contributed by atoms with Crippen LogP contribution in [-0.2, 0) is 17.6 Å². The standard InChI is InChI=1S/C20H23N3O3/c1-26-18-9-7-16(8-10-18)23-20(25)21-12-11-19(24)22-17-6-5-14-3-2-4-15(14)13-17/h5-10,13H,2-4,11-12H2,1H3,(H,22,24)(H2,21,23,25). The monoisotopic (exact) mass is 353 g/mol. The van der Waals surface area contributed by atoms with Gasteiger partial charge in [0.25, 0.3) is 0 Å². The molecule has 0 aliphatic heterocycles. The van der Waals surface area contributed by atoms with Crippen LogP contribution in [-0.4, -0.2) is 25.6 Å². The van der Waals surface area contributed by atoms with E-state index in [0.29, 0.717) is 5.69 Å². The van der Waals surface area contributed by atoms with Gasteiger partial charge in [-0.15, -0.1) is 0 Å². The highest BCUT2D eigenvalue weighted by Crippen LogP contribution is 2.24. The van der Waals surface area contributed by atoms with Gasteiger partial charge in [-0.25, -0.2) is 4.79 Å². The highest BCUT2D eigenvalue weighted by molar-refractivity contribution is 5.92. The van der Waals surface area contributed by atoms with Gasteiger partial charge < -0.3 is 20.7 Å². The van der Waals surface area contributed by atoms with Crippen molar-refractivity contribution >= 4 is 23.3 Å². The first-order valence-electron chi connectivity index (χ1n) is 8.74. The Hall–Kier alpha value is -3.02. The number of hydrogen-bond donors (Lipinski definition) is 3. The number of hydrogen-bond acceptors (Lipinski definition) is 3. The van der Waals surface area contributed by atoms with Gasteiger partial charge in [0.05, 0.1) is 7.11 Å². The summed E-state index contributed by atoms with van der Waals surface area (Å²) in [5, 5.41) is 8.27. The topological polar surface area (TPSA) is 79.5 Å². The SMILES string of the molecule is COc1ccc(NC(=O)NCCC(=O)Nc2ccc3c(c2)CCC3)cc1. The van der Waals surface area contributed by atoms with Crippen LogP contribution in [0.25, 0.3) is 0 Å². The van der Waals surface area contributed by atoms with Crippen molar-refractivity contribution < 1.29 is 14.3 Å². The van der Waals surface area contributed by atoms with Gasteiger partial charge in [0.15, 0.2) is 0 Å². The van der Waals surface area contributed by atoms with E-state index >= 15 is 0 Å². The Labute approximate surface area is 152 Å². The van der Waals surface area contributed by atoms with Crippen LogP contribution in [0, 0.1) is 0 Å². The summed E-state index contributed by atoms with van der Waals surface area (Å²) in [5.74, 6) is 0.604. The molecular formula is C20H23N3O3. The number of urea groups is 1. The summed E-state index contributed by atoms with van der Waals surface area (Å²) in [6.45, 7) is 0.263. The number of fused-ring (bicyclic) bond motifs is 1. The molecule has 0 spiro atoms. The van der Waals surface area contributed by atoms with E-state index in [9.17, 15) is 9.59 Å². The molecule has 0 bridgehead atoms. The summed E-state index contributed by atoms with van der Waals surface area (Å²) < 4.78 is 5.07. The normalized spacial score (nSPS) is 12.2. The van der Waals surface area contributed by atoms with Crippen molar-refractivity contribution in [2.75, 3.05) is 24.3 Å². The van der Waals surface area contributed by atoms with Crippen LogP contribution in [0.4, 0.5) is 16.2 Å². The Kier molecular flexibility index (Phi) is 5.73. The summed E-state index contributed by atoms with van der Waals surface area (Å²) in [7, 11) is 1.59. The molecule has 0 heterocycles. The molecule has 3 rings (SSSR count). The molecule has 1 aliphatic carbocycles. The molecule has 0 aromatic heterocycles. The van der Waals surface area contributed by atoms with E-state index < -0.39 is 0 Å². The molecule has 0 saturated carbocycles. The second-order valence-corrected chi connectivity index (χ2v) is 6.24. The molecule has 2 aromatic carbocycles. The maximum atomic E-state index is 12.0. The van der Waals surface area contributed by atoms with Gasteiger partial charge >= 0.3 is 6.03 Å². The molecule has 0 fully saturated rings. The summed E-state index contributed by atoms with van der Waals surface area (Å²) in [6, 6.07) is 12.7. The largest absolute Gasteiger partial charge is 0.497 e. The van der Waals surface area contributed by atoms with E-state index in [1.807, 2.05) is 12.1 Å². The molecule has 6 heteroatoms. The zero-order valence-corrected chi connectivity index (χ0v) is 14.8. The summed E-state index contributed by atoms with van der Waals surface area (Å²) >= 11 is 0. The highest BCUT2D eigenvalue weighted by atomic mass is 16.5. The molecule has 3 N–H and O–H groups in total. The number of amides is 3. The number of ether oxygens (including phenoxy) is 1. The van der Waals surface area contributed by atoms with Crippen molar-refractivity contribution in [3.05, 3.63) is 53.6 Å². The zero-order valence-electron chi connectivity index (χ0n) is 14.8. The van der Waals surface area contributed by atoms with E-state index in [1.54, 1.807) is 31.4 Å². The molecule has 26 heavy (non-hydrogen) atoms. The summed E-state index contributed by atoms with van der Waals surface area (Å²) in [4.78, 5) is 23.9. The molecule has 0 unspecified atom stereocenters. The van der Waals surface area contributed by atoms with Crippen molar-refractivity contribution in [1.29, 1.82) is 0 Å². The van der Waals surface area contributed by atoms with Gasteiger partial charge in [0, 0.05) is 24.3 Å². The van der Waals surface area contributed by atoms with Crippen molar-refractivity contribution in [2.45, 2.75) is 25.7 Å². The Morgan fingerprint density at radius 1 is 0.962 bits per heavy atom. The Balaban J connectivity index is 1.39. The van der Waals surface area contributed by atoms with Crippen molar-refractivity contribution in [3.63, 3.8) is 0 Å². The van der Waals surface area contributed by atoms with E-state index in [-0.39, 0.29) is 24.9 Å². The van der Waals surface area contributed by atoms with Crippen molar-refractivity contribution in [2.24, 2.45) is 0 Å². The Morgan fingerprint density at radius 3 is 2.46 bits per heavy atom. The number of aryl methyl sites for hydroxylation is 2. The summed E-state index contributed by atoms with van der Waals surface area (Å²) in [5.41, 5.74) is 4.17. The number of methoxy groups -OCH3 is 1. The maximum Gasteiger partial charge on any atom is 0.319 e. The van der Waals surface area contributed by atoms with E-state index in [0.717, 1.165) is 24.3 Å². The first kappa shape index (κ1) is 17.8. The smallest absolute Gasteiger partial charge is 0.319 e. The van der Waals surface area contributed by atoms with Crippen LogP contribution in [0.3, 0.4) is 0 Å². The first-order valence-corrected chi connectivity index (χ1v) is 8.74. The van der Waals surface area contributed by atoms with Crippen LogP contribution >= 0.6 is 0 Å². The second-order valence-electron chi connectivity index (χ2n) is 6.24. The van der Waals surface area contributed by atoms with Crippen LogP contribution in [0.15, 0.2) is 42.5 Å². The fourth-order valence-electron chi connectivity index (χ4n) is 3.01. The number of rotatable bonds is 6. The number of anilines is 2. The van der Waals surface area contributed by atoms with E-state index in [1.165, 1.54) is 17.5 Å². The van der Waals surface area contributed by atoms with Gasteiger partial charge in [0.1, 0.15) is 5.75 Å². The van der Waals surface area contributed by atoms with Gasteiger partial charge in [-0.05, 0) is 66.8 Å². The lowest BCUT2D eigenvalue weighted by molar-refractivity contribution is -0.116. The quantitative estimate of drug-likeness (QED) is 0.745. The second kappa shape index (κ2) is 8.38. The van der Waals surface area contributed by atoms with Crippen molar-refractivity contribution in [3.8, 4) is 5.75 Å². The third-order valence-electron chi connectivity index (χ3n) is 4.37. The minimum Gasteiger partial charge on any atom is -0.497 e. The number of benzene rings is 2. The minimum absolute atomic E-state index is 0.118. The third-order valence-corrected chi connectivity index (χ3v) is 4.37. The molecular weight excluding hydrogens is 330 g/mol. The zero-order chi connectivity index (χ0) is 18.4. The lowest BCUT2D eigenvalue weighted by Crippen LogP contribution is -2.31. The van der Waals surface area contributed by atoms with Gasteiger partial charge in [-0.3, -0.25) is 4.79 Å². The van der Waals surface area contributed by atoms with E-state index in [4.69, 9.17) is 4.74 Å². The molecule has 0 radical (unpaired) electrons. The molecule has 136 valence electrons. The number of carbonyl (C=O) groups is 2. The lowest BCUT2D eigenvalue weighted by Gasteiger charge is -2.09. The Bertz CT molecular complexity index is 787. The Morgan fingerprint density at radius 2 is 1.69 bits per heavy atom. The first-order chi connectivity index (χ1) is 12.6. The fraction of sp³-hybridized carbons (Fsp3) is 0.300. The number of nitrogens with one attached hydrogen (secondary N) is 3. The van der Waals surface area contributed by atoms with Crippen LogP contribution in [0.2, 0.25) is 0 Å².